The van der Waals surface area contributed by atoms with Gasteiger partial charge in [-0.1, -0.05) is 23.4 Å². The van der Waals surface area contributed by atoms with Gasteiger partial charge in [-0.15, -0.1) is 11.8 Å². The van der Waals surface area contributed by atoms with Crippen LogP contribution in [0.1, 0.15) is 24.2 Å². The highest BCUT2D eigenvalue weighted by Crippen LogP contribution is 2.21. The van der Waals surface area contributed by atoms with Crippen LogP contribution in [0.25, 0.3) is 0 Å². The maximum atomic E-state index is 5.92. The number of nitrogens with zero attached hydrogens (tertiary/aromatic N) is 2. The molecule has 5 nitrogen and oxygen atoms in total. The molecule has 6 heteroatoms. The van der Waals surface area contributed by atoms with E-state index in [0.717, 1.165) is 0 Å². The Morgan fingerprint density at radius 1 is 1.37 bits per heavy atom. The number of nitrogens with two attached hydrogens (primary N) is 1. The average Bonchev–Trinajstić information content (AvgIpc) is 2.92. The van der Waals surface area contributed by atoms with Gasteiger partial charge >= 0.3 is 0 Å². The summed E-state index contributed by atoms with van der Waals surface area (Å²) in [6.07, 6.45) is 0.671. The second kappa shape index (κ2) is 7.28. The molecule has 2 rings (SSSR count). The highest BCUT2D eigenvalue weighted by molar-refractivity contribution is 7.98. The lowest BCUT2D eigenvalue weighted by molar-refractivity contribution is 0.182. The maximum Gasteiger partial charge on any atom is 0.243 e. The molecule has 1 aromatic heterocycles. The third-order valence-electron chi connectivity index (χ3n) is 2.55. The third kappa shape index (κ3) is 4.34. The summed E-state index contributed by atoms with van der Waals surface area (Å²) in [4.78, 5) is 5.48. The Bertz CT molecular complexity index is 490. The van der Waals surface area contributed by atoms with Gasteiger partial charge in [-0.05, 0) is 18.6 Å². The van der Waals surface area contributed by atoms with Crippen molar-refractivity contribution in [1.82, 2.24) is 10.1 Å². The van der Waals surface area contributed by atoms with E-state index >= 15 is 0 Å². The highest BCUT2D eigenvalue weighted by atomic mass is 32.2. The van der Waals surface area contributed by atoms with Crippen molar-refractivity contribution < 1.29 is 9.26 Å². The first-order chi connectivity index (χ1) is 9.29. The van der Waals surface area contributed by atoms with E-state index < -0.39 is 0 Å². The normalized spacial score (nSPS) is 12.5. The predicted octanol–water partition coefficient (Wildman–Crippen LogP) is 2.40. The van der Waals surface area contributed by atoms with Crippen LogP contribution in [-0.2, 0) is 10.5 Å². The molecule has 0 aliphatic carbocycles. The first-order valence-electron chi connectivity index (χ1n) is 6.04. The fourth-order valence-electron chi connectivity index (χ4n) is 1.51. The summed E-state index contributed by atoms with van der Waals surface area (Å²) in [5.41, 5.74) is 5.92. The zero-order valence-electron chi connectivity index (χ0n) is 10.8. The maximum absolute atomic E-state index is 5.92. The first-order valence-corrected chi connectivity index (χ1v) is 7.03. The van der Waals surface area contributed by atoms with Crippen LogP contribution in [0.2, 0.25) is 0 Å². The van der Waals surface area contributed by atoms with Gasteiger partial charge in [-0.2, -0.15) is 4.98 Å². The Morgan fingerprint density at radius 2 is 2.16 bits per heavy atom. The van der Waals surface area contributed by atoms with E-state index in [2.05, 4.69) is 22.3 Å². The monoisotopic (exact) mass is 279 g/mol. The van der Waals surface area contributed by atoms with Crippen molar-refractivity contribution >= 4 is 11.8 Å². The van der Waals surface area contributed by atoms with Crippen LogP contribution in [0.3, 0.4) is 0 Å². The Balaban J connectivity index is 1.87. The Labute approximate surface area is 116 Å². The van der Waals surface area contributed by atoms with Crippen molar-refractivity contribution in [2.75, 3.05) is 13.7 Å². The summed E-state index contributed by atoms with van der Waals surface area (Å²) in [6, 6.07) is 9.84. The van der Waals surface area contributed by atoms with E-state index in [1.165, 1.54) is 4.90 Å². The largest absolute Gasteiger partial charge is 0.385 e. The molecule has 2 N–H and O–H groups in total. The van der Waals surface area contributed by atoms with E-state index in [-0.39, 0.29) is 6.04 Å². The van der Waals surface area contributed by atoms with Gasteiger partial charge in [-0.3, -0.25) is 0 Å². The Morgan fingerprint density at radius 3 is 2.89 bits per heavy atom. The molecule has 0 spiro atoms. The van der Waals surface area contributed by atoms with Crippen molar-refractivity contribution in [2.45, 2.75) is 23.1 Å². The lowest BCUT2D eigenvalue weighted by atomic mass is 10.2. The van der Waals surface area contributed by atoms with E-state index in [9.17, 15) is 0 Å². The molecule has 1 atom stereocenters. The lowest BCUT2D eigenvalue weighted by Crippen LogP contribution is -2.13. The summed E-state index contributed by atoms with van der Waals surface area (Å²) in [5.74, 6) is 1.81. The van der Waals surface area contributed by atoms with Gasteiger partial charge in [0.25, 0.3) is 0 Å². The third-order valence-corrected chi connectivity index (χ3v) is 3.55. The van der Waals surface area contributed by atoms with Crippen LogP contribution in [0.5, 0.6) is 0 Å². The molecule has 19 heavy (non-hydrogen) atoms. The fraction of sp³-hybridized carbons (Fsp3) is 0.385. The van der Waals surface area contributed by atoms with Crippen molar-refractivity contribution in [2.24, 2.45) is 5.73 Å². The van der Waals surface area contributed by atoms with Crippen molar-refractivity contribution in [3.8, 4) is 0 Å². The van der Waals surface area contributed by atoms with Crippen LogP contribution in [0.15, 0.2) is 39.8 Å². The minimum atomic E-state index is -0.261. The van der Waals surface area contributed by atoms with E-state index in [0.29, 0.717) is 30.5 Å². The average molecular weight is 279 g/mol. The highest BCUT2D eigenvalue weighted by Gasteiger charge is 2.14. The molecule has 102 valence electrons. The molecule has 2 aromatic rings. The van der Waals surface area contributed by atoms with Crippen molar-refractivity contribution in [1.29, 1.82) is 0 Å². The molecule has 0 radical (unpaired) electrons. The van der Waals surface area contributed by atoms with E-state index in [1.54, 1.807) is 18.9 Å². The number of thioether (sulfide) groups is 1. The van der Waals surface area contributed by atoms with Crippen molar-refractivity contribution in [3.63, 3.8) is 0 Å². The number of benzene rings is 1. The second-order valence-electron chi connectivity index (χ2n) is 4.04. The molecule has 0 aliphatic heterocycles. The van der Waals surface area contributed by atoms with Gasteiger partial charge in [0.2, 0.25) is 5.89 Å². The zero-order valence-corrected chi connectivity index (χ0v) is 11.6. The van der Waals surface area contributed by atoms with Gasteiger partial charge < -0.3 is 15.0 Å². The van der Waals surface area contributed by atoms with Gasteiger partial charge in [0, 0.05) is 18.6 Å². The number of methoxy groups -OCH3 is 1. The predicted molar refractivity (Wildman–Crippen MR) is 73.7 cm³/mol. The molecular weight excluding hydrogens is 262 g/mol. The molecule has 0 aliphatic rings. The molecule has 0 amide bonds. The number of ether oxygens (including phenoxy) is 1. The molecule has 0 saturated carbocycles. The fourth-order valence-corrected chi connectivity index (χ4v) is 2.27. The minimum Gasteiger partial charge on any atom is -0.385 e. The zero-order chi connectivity index (χ0) is 13.5. The number of hydrogen-bond donors (Lipinski definition) is 1. The Kier molecular flexibility index (Phi) is 5.38. The molecule has 0 saturated heterocycles. The summed E-state index contributed by atoms with van der Waals surface area (Å²) in [5, 5.41) is 3.93. The first kappa shape index (κ1) is 14.0. The molecule has 1 aromatic carbocycles. The smallest absolute Gasteiger partial charge is 0.243 e. The second-order valence-corrected chi connectivity index (χ2v) is 5.09. The van der Waals surface area contributed by atoms with E-state index in [1.807, 2.05) is 18.2 Å². The van der Waals surface area contributed by atoms with Gasteiger partial charge in [0.1, 0.15) is 0 Å². The lowest BCUT2D eigenvalue weighted by Gasteiger charge is -2.04. The molecule has 0 fully saturated rings. The van der Waals surface area contributed by atoms with Gasteiger partial charge in [0.15, 0.2) is 5.82 Å². The molecular formula is C13H17N3O2S. The van der Waals surface area contributed by atoms with Gasteiger partial charge in [0.05, 0.1) is 11.8 Å². The standard InChI is InChI=1S/C13H17N3O2S/c1-17-8-7-11(14)13-15-12(16-18-13)9-19-10-5-3-2-4-6-10/h2-6,11H,7-9,14H2,1H3. The van der Waals surface area contributed by atoms with Crippen LogP contribution in [0, 0.1) is 0 Å². The van der Waals surface area contributed by atoms with Crippen molar-refractivity contribution in [3.05, 3.63) is 42.0 Å². The van der Waals surface area contributed by atoms with E-state index in [4.69, 9.17) is 15.0 Å². The SMILES string of the molecule is COCCC(N)c1nc(CSc2ccccc2)no1. The minimum absolute atomic E-state index is 0.261. The van der Waals surface area contributed by atoms with Crippen LogP contribution < -0.4 is 5.73 Å². The molecule has 1 unspecified atom stereocenters. The van der Waals surface area contributed by atoms with Crippen LogP contribution in [-0.4, -0.2) is 23.9 Å². The van der Waals surface area contributed by atoms with Gasteiger partial charge in [-0.25, -0.2) is 0 Å². The summed E-state index contributed by atoms with van der Waals surface area (Å²) in [6.45, 7) is 0.581. The molecule has 1 heterocycles. The quantitative estimate of drug-likeness (QED) is 0.784. The number of aromatic nitrogens is 2. The summed E-state index contributed by atoms with van der Waals surface area (Å²) in [7, 11) is 1.64. The Hall–Kier alpha value is -1.37. The topological polar surface area (TPSA) is 74.2 Å². The summed E-state index contributed by atoms with van der Waals surface area (Å²) < 4.78 is 10.1. The van der Waals surface area contributed by atoms with Crippen LogP contribution >= 0.6 is 11.8 Å². The number of hydrogen-bond acceptors (Lipinski definition) is 6. The summed E-state index contributed by atoms with van der Waals surface area (Å²) >= 11 is 1.67. The molecule has 0 bridgehead atoms. The number of rotatable bonds is 7. The van der Waals surface area contributed by atoms with Crippen LogP contribution in [0.4, 0.5) is 0 Å².